The number of rotatable bonds is 8. The van der Waals surface area contributed by atoms with Gasteiger partial charge in [-0.3, -0.25) is 4.79 Å². The van der Waals surface area contributed by atoms with Gasteiger partial charge < -0.3 is 10.2 Å². The zero-order valence-electron chi connectivity index (χ0n) is 17.3. The summed E-state index contributed by atoms with van der Waals surface area (Å²) >= 11 is 1.32. The van der Waals surface area contributed by atoms with E-state index in [4.69, 9.17) is 0 Å². The lowest BCUT2D eigenvalue weighted by Gasteiger charge is -2.22. The van der Waals surface area contributed by atoms with Crippen molar-refractivity contribution < 1.29 is 4.79 Å². The summed E-state index contributed by atoms with van der Waals surface area (Å²) in [4.78, 5) is 19.3. The maximum absolute atomic E-state index is 12.9. The molecule has 0 aliphatic heterocycles. The van der Waals surface area contributed by atoms with Crippen LogP contribution >= 0.6 is 11.5 Å². The van der Waals surface area contributed by atoms with Crippen LogP contribution in [0, 0.1) is 0 Å². The van der Waals surface area contributed by atoms with Gasteiger partial charge in [-0.1, -0.05) is 91.0 Å². The summed E-state index contributed by atoms with van der Waals surface area (Å²) in [6, 6.07) is 29.9. The van der Waals surface area contributed by atoms with E-state index < -0.39 is 0 Å². The number of anilines is 1. The fraction of sp³-hybridized carbons (Fsp3) is 0.160. The summed E-state index contributed by atoms with van der Waals surface area (Å²) in [6.45, 7) is 0.205. The number of likely N-dealkylation sites (N-methyl/N-ethyl adjacent to an activating group) is 1. The van der Waals surface area contributed by atoms with Crippen LogP contribution in [0.5, 0.6) is 0 Å². The molecule has 0 saturated carbocycles. The van der Waals surface area contributed by atoms with Crippen LogP contribution in [-0.4, -0.2) is 28.9 Å². The molecule has 4 rings (SSSR count). The van der Waals surface area contributed by atoms with E-state index >= 15 is 0 Å². The predicted octanol–water partition coefficient (Wildman–Crippen LogP) is 4.47. The van der Waals surface area contributed by atoms with Gasteiger partial charge in [-0.15, -0.1) is 0 Å². The number of aromatic nitrogens is 2. The Kier molecular flexibility index (Phi) is 6.69. The average Bonchev–Trinajstić information content (AvgIpc) is 3.28. The van der Waals surface area contributed by atoms with Crippen molar-refractivity contribution in [3.8, 4) is 0 Å². The number of carbonyl (C=O) groups is 1. The third-order valence-electron chi connectivity index (χ3n) is 4.94. The Labute approximate surface area is 186 Å². The Hall–Kier alpha value is -3.51. The minimum Gasteiger partial charge on any atom is -0.344 e. The topological polar surface area (TPSA) is 58.1 Å². The van der Waals surface area contributed by atoms with E-state index in [0.29, 0.717) is 6.42 Å². The normalized spacial score (nSPS) is 10.8. The van der Waals surface area contributed by atoms with Crippen molar-refractivity contribution in [3.05, 3.63) is 114 Å². The summed E-state index contributed by atoms with van der Waals surface area (Å²) in [6.07, 6.45) is 0.682. The van der Waals surface area contributed by atoms with Gasteiger partial charge in [0.25, 0.3) is 0 Å². The second-order valence-electron chi connectivity index (χ2n) is 7.33. The molecule has 5 nitrogen and oxygen atoms in total. The van der Waals surface area contributed by atoms with Gasteiger partial charge in [0.1, 0.15) is 5.82 Å². The zero-order chi connectivity index (χ0) is 21.5. The highest BCUT2D eigenvalue weighted by molar-refractivity contribution is 7.09. The Morgan fingerprint density at radius 1 is 0.903 bits per heavy atom. The highest BCUT2D eigenvalue weighted by Crippen LogP contribution is 2.22. The third kappa shape index (κ3) is 5.55. The molecule has 4 aromatic rings. The maximum atomic E-state index is 12.9. The molecule has 0 spiro atoms. The lowest BCUT2D eigenvalue weighted by molar-refractivity contribution is -0.120. The van der Waals surface area contributed by atoms with Crippen molar-refractivity contribution in [2.24, 2.45) is 0 Å². The fourth-order valence-corrected chi connectivity index (χ4v) is 4.03. The van der Waals surface area contributed by atoms with Crippen LogP contribution in [0.3, 0.4) is 0 Å². The van der Waals surface area contributed by atoms with Gasteiger partial charge in [0.15, 0.2) is 0 Å². The molecule has 0 radical (unpaired) electrons. The molecule has 156 valence electrons. The molecule has 0 aliphatic rings. The first kappa shape index (κ1) is 20.8. The van der Waals surface area contributed by atoms with Gasteiger partial charge in [0.05, 0.1) is 12.6 Å². The Balaban J connectivity index is 1.42. The van der Waals surface area contributed by atoms with Crippen molar-refractivity contribution >= 4 is 22.6 Å². The Morgan fingerprint density at radius 3 is 2.03 bits per heavy atom. The number of carbonyl (C=O) groups excluding carboxylic acids is 1. The quantitative estimate of drug-likeness (QED) is 0.450. The van der Waals surface area contributed by atoms with Crippen molar-refractivity contribution in [1.29, 1.82) is 0 Å². The molecule has 0 saturated heterocycles. The van der Waals surface area contributed by atoms with E-state index in [9.17, 15) is 4.79 Å². The van der Waals surface area contributed by atoms with E-state index in [0.717, 1.165) is 22.1 Å². The van der Waals surface area contributed by atoms with Crippen LogP contribution in [-0.2, 0) is 11.2 Å². The predicted molar refractivity (Wildman–Crippen MR) is 125 cm³/mol. The van der Waals surface area contributed by atoms with Crippen LogP contribution in [0.25, 0.3) is 0 Å². The Bertz CT molecular complexity index is 1060. The number of nitrogens with zero attached hydrogens (tertiary/aromatic N) is 3. The molecule has 1 heterocycles. The van der Waals surface area contributed by atoms with Crippen molar-refractivity contribution in [3.63, 3.8) is 0 Å². The largest absolute Gasteiger partial charge is 0.344 e. The summed E-state index contributed by atoms with van der Waals surface area (Å²) in [5.41, 5.74) is 3.26. The standard InChI is InChI=1S/C25H24N4OS/c1-29(25-26-22(28-31-25)17-19-11-5-2-6-12-19)18-23(30)27-24(20-13-7-3-8-14-20)21-15-9-4-10-16-21/h2-16,24H,17-18H2,1H3,(H,27,30). The van der Waals surface area contributed by atoms with Gasteiger partial charge >= 0.3 is 0 Å². The van der Waals surface area contributed by atoms with Gasteiger partial charge in [0.2, 0.25) is 11.0 Å². The van der Waals surface area contributed by atoms with E-state index in [1.54, 1.807) is 0 Å². The molecule has 31 heavy (non-hydrogen) atoms. The second kappa shape index (κ2) is 10.00. The lowest BCUT2D eigenvalue weighted by Crippen LogP contribution is -2.37. The van der Waals surface area contributed by atoms with Gasteiger partial charge in [-0.25, -0.2) is 4.98 Å². The highest BCUT2D eigenvalue weighted by Gasteiger charge is 2.19. The third-order valence-corrected chi connectivity index (χ3v) is 5.81. The first-order valence-electron chi connectivity index (χ1n) is 10.2. The molecule has 0 atom stereocenters. The number of nitrogens with one attached hydrogen (secondary N) is 1. The molecule has 3 aromatic carbocycles. The number of hydrogen-bond acceptors (Lipinski definition) is 5. The summed E-state index contributed by atoms with van der Waals surface area (Å²) in [5, 5.41) is 3.91. The van der Waals surface area contributed by atoms with Crippen LogP contribution in [0.1, 0.15) is 28.6 Å². The van der Waals surface area contributed by atoms with E-state index in [1.807, 2.05) is 90.8 Å². The summed E-state index contributed by atoms with van der Waals surface area (Å²) < 4.78 is 4.45. The zero-order valence-corrected chi connectivity index (χ0v) is 18.1. The molecule has 0 bridgehead atoms. The highest BCUT2D eigenvalue weighted by atomic mass is 32.1. The van der Waals surface area contributed by atoms with Crippen LogP contribution < -0.4 is 10.2 Å². The maximum Gasteiger partial charge on any atom is 0.240 e. The minimum atomic E-state index is -0.202. The minimum absolute atomic E-state index is 0.0694. The Morgan fingerprint density at radius 2 is 1.45 bits per heavy atom. The second-order valence-corrected chi connectivity index (χ2v) is 8.06. The summed E-state index contributed by atoms with van der Waals surface area (Å²) in [5.74, 6) is 0.699. The number of amides is 1. The molecule has 1 aromatic heterocycles. The monoisotopic (exact) mass is 428 g/mol. The van der Waals surface area contributed by atoms with Gasteiger partial charge in [0, 0.05) is 25.0 Å². The van der Waals surface area contributed by atoms with Crippen molar-refractivity contribution in [1.82, 2.24) is 14.7 Å². The van der Waals surface area contributed by atoms with Crippen LogP contribution in [0.4, 0.5) is 5.13 Å². The van der Waals surface area contributed by atoms with E-state index in [-0.39, 0.29) is 18.5 Å². The van der Waals surface area contributed by atoms with Crippen molar-refractivity contribution in [2.45, 2.75) is 12.5 Å². The molecule has 0 aliphatic carbocycles. The summed E-state index contributed by atoms with van der Waals surface area (Å²) in [7, 11) is 1.87. The SMILES string of the molecule is CN(CC(=O)NC(c1ccccc1)c1ccccc1)c1nc(Cc2ccccc2)ns1. The molecule has 0 unspecified atom stereocenters. The smallest absolute Gasteiger partial charge is 0.240 e. The average molecular weight is 429 g/mol. The first-order chi connectivity index (χ1) is 15.2. The number of hydrogen-bond donors (Lipinski definition) is 1. The molecule has 6 heteroatoms. The fourth-order valence-electron chi connectivity index (χ4n) is 3.39. The van der Waals surface area contributed by atoms with Crippen LogP contribution in [0.15, 0.2) is 91.0 Å². The molecule has 1 amide bonds. The molecular weight excluding hydrogens is 404 g/mol. The first-order valence-corrected chi connectivity index (χ1v) is 10.9. The van der Waals surface area contributed by atoms with E-state index in [2.05, 4.69) is 26.8 Å². The van der Waals surface area contributed by atoms with Gasteiger partial charge in [-0.05, 0) is 16.7 Å². The van der Waals surface area contributed by atoms with Crippen LogP contribution in [0.2, 0.25) is 0 Å². The molecule has 0 fully saturated rings. The molecular formula is C25H24N4OS. The molecule has 1 N–H and O–H groups in total. The van der Waals surface area contributed by atoms with Gasteiger partial charge in [-0.2, -0.15) is 4.37 Å². The number of benzene rings is 3. The van der Waals surface area contributed by atoms with Crippen molar-refractivity contribution in [2.75, 3.05) is 18.5 Å². The lowest BCUT2D eigenvalue weighted by atomic mass is 9.99. The van der Waals surface area contributed by atoms with E-state index in [1.165, 1.54) is 17.1 Å².